The number of carbonyl (C=O) groups excluding carboxylic acids is 2. The highest BCUT2D eigenvalue weighted by Gasteiger charge is 2.13. The predicted octanol–water partition coefficient (Wildman–Crippen LogP) is 0.844. The highest BCUT2D eigenvalue weighted by atomic mass is 19.1. The van der Waals surface area contributed by atoms with Gasteiger partial charge < -0.3 is 21.3 Å². The van der Waals surface area contributed by atoms with E-state index < -0.39 is 5.82 Å². The molecule has 1 aromatic carbocycles. The van der Waals surface area contributed by atoms with E-state index >= 15 is 0 Å². The second-order valence-electron chi connectivity index (χ2n) is 6.14. The summed E-state index contributed by atoms with van der Waals surface area (Å²) in [4.78, 5) is 27.5. The molecule has 0 heterocycles. The van der Waals surface area contributed by atoms with Crippen molar-refractivity contribution in [1.29, 1.82) is 0 Å². The maximum Gasteiger partial charge on any atom is 0.243 e. The Morgan fingerprint density at radius 3 is 2.29 bits per heavy atom. The van der Waals surface area contributed by atoms with Crippen LogP contribution in [0.1, 0.15) is 20.8 Å². The molecule has 132 valence electrons. The molecule has 8 heteroatoms. The van der Waals surface area contributed by atoms with E-state index in [2.05, 4.69) is 26.3 Å². The van der Waals surface area contributed by atoms with Crippen LogP contribution in [0.15, 0.2) is 29.3 Å². The normalized spacial score (nSPS) is 11.6. The minimum atomic E-state index is -0.428. The largest absolute Gasteiger partial charge is 0.350 e. The van der Waals surface area contributed by atoms with Crippen LogP contribution >= 0.6 is 0 Å². The van der Waals surface area contributed by atoms with Crippen molar-refractivity contribution < 1.29 is 14.0 Å². The Labute approximate surface area is 141 Å². The van der Waals surface area contributed by atoms with E-state index in [4.69, 9.17) is 0 Å². The quantitative estimate of drug-likeness (QED) is 0.473. The molecule has 0 saturated heterocycles. The highest BCUT2D eigenvalue weighted by molar-refractivity contribution is 5.95. The molecule has 1 aromatic rings. The predicted molar refractivity (Wildman–Crippen MR) is 92.3 cm³/mol. The van der Waals surface area contributed by atoms with E-state index in [1.54, 1.807) is 6.07 Å². The fraction of sp³-hybridized carbons (Fsp3) is 0.438. The zero-order valence-corrected chi connectivity index (χ0v) is 14.4. The third kappa shape index (κ3) is 8.11. The monoisotopic (exact) mass is 337 g/mol. The highest BCUT2D eigenvalue weighted by Crippen LogP contribution is 2.08. The van der Waals surface area contributed by atoms with E-state index in [-0.39, 0.29) is 30.4 Å². The number of nitrogens with one attached hydrogen (secondary N) is 4. The Kier molecular flexibility index (Phi) is 7.16. The fourth-order valence-corrected chi connectivity index (χ4v) is 1.78. The van der Waals surface area contributed by atoms with Gasteiger partial charge in [-0.05, 0) is 39.0 Å². The molecule has 0 bridgehead atoms. The number of benzene rings is 1. The van der Waals surface area contributed by atoms with Crippen molar-refractivity contribution in [1.82, 2.24) is 16.0 Å². The third-order valence-corrected chi connectivity index (χ3v) is 2.68. The van der Waals surface area contributed by atoms with Gasteiger partial charge in [0.1, 0.15) is 5.82 Å². The Balaban J connectivity index is 2.38. The van der Waals surface area contributed by atoms with Gasteiger partial charge in [0.15, 0.2) is 5.96 Å². The van der Waals surface area contributed by atoms with Gasteiger partial charge in [0, 0.05) is 18.3 Å². The standard InChI is InChI=1S/C16H24FN5O2/c1-16(2,3)22-14(24)10-20-15(18-4)19-9-13(23)21-12-7-5-6-11(17)8-12/h5-8H,9-10H2,1-4H3,(H,21,23)(H,22,24)(H2,18,19,20). The molecule has 2 amide bonds. The van der Waals surface area contributed by atoms with E-state index in [1.165, 1.54) is 25.2 Å². The SMILES string of the molecule is CN=C(NCC(=O)Nc1cccc(F)c1)NCC(=O)NC(C)(C)C. The van der Waals surface area contributed by atoms with Crippen LogP contribution in [0.3, 0.4) is 0 Å². The van der Waals surface area contributed by atoms with Gasteiger partial charge in [-0.25, -0.2) is 4.39 Å². The lowest BCUT2D eigenvalue weighted by atomic mass is 10.1. The van der Waals surface area contributed by atoms with Gasteiger partial charge in [-0.3, -0.25) is 14.6 Å². The number of nitrogens with zero attached hydrogens (tertiary/aromatic N) is 1. The minimum absolute atomic E-state index is 0.0302. The fourth-order valence-electron chi connectivity index (χ4n) is 1.78. The van der Waals surface area contributed by atoms with Gasteiger partial charge in [0.2, 0.25) is 11.8 Å². The number of hydrogen-bond donors (Lipinski definition) is 4. The van der Waals surface area contributed by atoms with Gasteiger partial charge in [0.05, 0.1) is 13.1 Å². The summed E-state index contributed by atoms with van der Waals surface area (Å²) in [6, 6.07) is 5.61. The Morgan fingerprint density at radius 2 is 1.75 bits per heavy atom. The smallest absolute Gasteiger partial charge is 0.243 e. The Bertz CT molecular complexity index is 611. The average molecular weight is 337 g/mol. The lowest BCUT2D eigenvalue weighted by molar-refractivity contribution is -0.121. The lowest BCUT2D eigenvalue weighted by Gasteiger charge is -2.21. The zero-order chi connectivity index (χ0) is 18.2. The molecule has 0 aliphatic heterocycles. The van der Waals surface area contributed by atoms with Crippen molar-refractivity contribution in [3.8, 4) is 0 Å². The van der Waals surface area contributed by atoms with Crippen LogP contribution in [0.4, 0.5) is 10.1 Å². The Hall–Kier alpha value is -2.64. The molecule has 0 fully saturated rings. The van der Waals surface area contributed by atoms with Crippen LogP contribution in [-0.2, 0) is 9.59 Å². The van der Waals surface area contributed by atoms with Crippen molar-refractivity contribution in [3.05, 3.63) is 30.1 Å². The zero-order valence-electron chi connectivity index (χ0n) is 14.4. The maximum absolute atomic E-state index is 13.0. The summed E-state index contributed by atoms with van der Waals surface area (Å²) in [5.41, 5.74) is 0.0508. The first kappa shape index (κ1) is 19.4. The van der Waals surface area contributed by atoms with Gasteiger partial charge in [-0.2, -0.15) is 0 Å². The van der Waals surface area contributed by atoms with E-state index in [0.717, 1.165) is 0 Å². The first-order valence-corrected chi connectivity index (χ1v) is 7.50. The second kappa shape index (κ2) is 8.85. The van der Waals surface area contributed by atoms with Crippen molar-refractivity contribution in [3.63, 3.8) is 0 Å². The van der Waals surface area contributed by atoms with Crippen molar-refractivity contribution in [2.24, 2.45) is 4.99 Å². The van der Waals surface area contributed by atoms with Crippen molar-refractivity contribution in [2.75, 3.05) is 25.5 Å². The number of halogens is 1. The van der Waals surface area contributed by atoms with Gasteiger partial charge >= 0.3 is 0 Å². The van der Waals surface area contributed by atoms with Crippen LogP contribution in [0.25, 0.3) is 0 Å². The number of carbonyl (C=O) groups is 2. The number of aliphatic imine (C=N–C) groups is 1. The van der Waals surface area contributed by atoms with Crippen LogP contribution in [0.5, 0.6) is 0 Å². The van der Waals surface area contributed by atoms with Crippen molar-refractivity contribution in [2.45, 2.75) is 26.3 Å². The van der Waals surface area contributed by atoms with Crippen molar-refractivity contribution >= 4 is 23.5 Å². The van der Waals surface area contributed by atoms with Crippen LogP contribution in [0, 0.1) is 5.82 Å². The van der Waals surface area contributed by atoms with Gasteiger partial charge in [-0.1, -0.05) is 6.07 Å². The molecule has 7 nitrogen and oxygen atoms in total. The molecule has 24 heavy (non-hydrogen) atoms. The third-order valence-electron chi connectivity index (χ3n) is 2.68. The van der Waals surface area contributed by atoms with E-state index in [9.17, 15) is 14.0 Å². The molecule has 0 aromatic heterocycles. The first-order valence-electron chi connectivity index (χ1n) is 7.50. The summed E-state index contributed by atoms with van der Waals surface area (Å²) in [5, 5.41) is 10.9. The number of anilines is 1. The molecule has 0 saturated carbocycles. The van der Waals surface area contributed by atoms with Crippen LogP contribution in [0.2, 0.25) is 0 Å². The maximum atomic E-state index is 13.0. The molecule has 0 spiro atoms. The molecule has 1 rings (SSSR count). The summed E-state index contributed by atoms with van der Waals surface area (Å²) < 4.78 is 13.0. The molecular weight excluding hydrogens is 313 g/mol. The second-order valence-corrected chi connectivity index (χ2v) is 6.14. The molecule has 0 aliphatic rings. The van der Waals surface area contributed by atoms with Gasteiger partial charge in [0.25, 0.3) is 0 Å². The minimum Gasteiger partial charge on any atom is -0.350 e. The molecule has 0 unspecified atom stereocenters. The average Bonchev–Trinajstić information content (AvgIpc) is 2.45. The number of hydrogen-bond acceptors (Lipinski definition) is 3. The summed E-state index contributed by atoms with van der Waals surface area (Å²) in [5.74, 6) is -0.658. The summed E-state index contributed by atoms with van der Waals surface area (Å²) in [6.07, 6.45) is 0. The molecule has 0 aliphatic carbocycles. The van der Waals surface area contributed by atoms with Crippen LogP contribution in [-0.4, -0.2) is 43.5 Å². The molecule has 0 atom stereocenters. The van der Waals surface area contributed by atoms with Crippen LogP contribution < -0.4 is 21.3 Å². The summed E-state index contributed by atoms with van der Waals surface area (Å²) in [6.45, 7) is 5.61. The molecule has 4 N–H and O–H groups in total. The summed E-state index contributed by atoms with van der Waals surface area (Å²) in [7, 11) is 1.53. The van der Waals surface area contributed by atoms with Gasteiger partial charge in [-0.15, -0.1) is 0 Å². The van der Waals surface area contributed by atoms with E-state index in [0.29, 0.717) is 11.6 Å². The summed E-state index contributed by atoms with van der Waals surface area (Å²) >= 11 is 0. The number of rotatable bonds is 5. The first-order chi connectivity index (χ1) is 11.2. The number of amides is 2. The number of guanidine groups is 1. The molecular formula is C16H24FN5O2. The topological polar surface area (TPSA) is 94.6 Å². The molecule has 0 radical (unpaired) electrons. The van der Waals surface area contributed by atoms with E-state index in [1.807, 2.05) is 20.8 Å². The lowest BCUT2D eigenvalue weighted by Crippen LogP contribution is -2.49. The Morgan fingerprint density at radius 1 is 1.12 bits per heavy atom.